The SMILES string of the molecule is NC(=O)C[C@@H]1CC[C@H](c2nnc(N3CC(C(F)(F)F)C3)o2)NC1. The van der Waals surface area contributed by atoms with Crippen molar-refractivity contribution in [1.29, 1.82) is 0 Å². The molecule has 1 aromatic heterocycles. The summed E-state index contributed by atoms with van der Waals surface area (Å²) in [5.41, 5.74) is 5.18. The van der Waals surface area contributed by atoms with Crippen molar-refractivity contribution in [3.05, 3.63) is 5.89 Å². The van der Waals surface area contributed by atoms with Crippen LogP contribution in [0.1, 0.15) is 31.2 Å². The number of rotatable bonds is 4. The maximum absolute atomic E-state index is 12.5. The molecule has 1 amide bonds. The number of aromatic nitrogens is 2. The second-order valence-electron chi connectivity index (χ2n) is 6.14. The molecule has 2 aliphatic heterocycles. The molecule has 2 saturated heterocycles. The number of primary amides is 1. The van der Waals surface area contributed by atoms with Gasteiger partial charge in [0.25, 0.3) is 0 Å². The van der Waals surface area contributed by atoms with Crippen LogP contribution in [0.4, 0.5) is 19.2 Å². The average molecular weight is 333 g/mol. The molecule has 0 spiro atoms. The molecule has 3 rings (SSSR count). The van der Waals surface area contributed by atoms with Crippen molar-refractivity contribution in [2.24, 2.45) is 17.6 Å². The van der Waals surface area contributed by atoms with Crippen molar-refractivity contribution >= 4 is 11.9 Å². The average Bonchev–Trinajstić information content (AvgIpc) is 2.84. The maximum atomic E-state index is 12.5. The fraction of sp³-hybridized carbons (Fsp3) is 0.769. The van der Waals surface area contributed by atoms with Crippen molar-refractivity contribution < 1.29 is 22.4 Å². The van der Waals surface area contributed by atoms with Crippen LogP contribution in [-0.2, 0) is 4.79 Å². The van der Waals surface area contributed by atoms with Crippen LogP contribution in [0, 0.1) is 11.8 Å². The molecule has 10 heteroatoms. The molecule has 3 heterocycles. The van der Waals surface area contributed by atoms with Crippen molar-refractivity contribution in [2.75, 3.05) is 24.5 Å². The minimum absolute atomic E-state index is 0.126. The number of halogens is 3. The molecule has 128 valence electrons. The molecule has 2 aliphatic rings. The molecule has 1 aromatic rings. The van der Waals surface area contributed by atoms with Crippen LogP contribution in [0.15, 0.2) is 4.42 Å². The lowest BCUT2D eigenvalue weighted by molar-refractivity contribution is -0.180. The van der Waals surface area contributed by atoms with E-state index in [1.54, 1.807) is 0 Å². The molecule has 0 aromatic carbocycles. The van der Waals surface area contributed by atoms with E-state index in [0.29, 0.717) is 25.3 Å². The third-order valence-electron chi connectivity index (χ3n) is 4.35. The molecule has 3 N–H and O–H groups in total. The van der Waals surface area contributed by atoms with Crippen LogP contribution < -0.4 is 16.0 Å². The number of hydrogen-bond acceptors (Lipinski definition) is 6. The first-order valence-electron chi connectivity index (χ1n) is 7.49. The van der Waals surface area contributed by atoms with Gasteiger partial charge in [0.15, 0.2) is 0 Å². The summed E-state index contributed by atoms with van der Waals surface area (Å²) in [5.74, 6) is -1.10. The summed E-state index contributed by atoms with van der Waals surface area (Å²) in [6, 6.07) is -0.0124. The fourth-order valence-electron chi connectivity index (χ4n) is 2.92. The lowest BCUT2D eigenvalue weighted by Gasteiger charge is -2.38. The highest BCUT2D eigenvalue weighted by atomic mass is 19.4. The first kappa shape index (κ1) is 16.0. The summed E-state index contributed by atoms with van der Waals surface area (Å²) < 4.78 is 42.9. The lowest BCUT2D eigenvalue weighted by atomic mass is 9.92. The van der Waals surface area contributed by atoms with Crippen LogP contribution in [0.5, 0.6) is 0 Å². The van der Waals surface area contributed by atoms with Gasteiger partial charge in [0.2, 0.25) is 11.8 Å². The minimum atomic E-state index is -4.18. The molecule has 0 radical (unpaired) electrons. The first-order valence-corrected chi connectivity index (χ1v) is 7.49. The van der Waals surface area contributed by atoms with Crippen LogP contribution >= 0.6 is 0 Å². The number of alkyl halides is 3. The van der Waals surface area contributed by atoms with Crippen LogP contribution in [0.3, 0.4) is 0 Å². The van der Waals surface area contributed by atoms with E-state index in [2.05, 4.69) is 15.5 Å². The van der Waals surface area contributed by atoms with Gasteiger partial charge in [0, 0.05) is 19.5 Å². The first-order chi connectivity index (χ1) is 10.8. The second kappa shape index (κ2) is 5.99. The van der Waals surface area contributed by atoms with Crippen LogP contribution in [0.2, 0.25) is 0 Å². The van der Waals surface area contributed by atoms with Crippen molar-refractivity contribution in [3.63, 3.8) is 0 Å². The predicted molar refractivity (Wildman–Crippen MR) is 73.3 cm³/mol. The van der Waals surface area contributed by atoms with E-state index in [9.17, 15) is 18.0 Å². The molecule has 7 nitrogen and oxygen atoms in total. The van der Waals surface area contributed by atoms with Gasteiger partial charge in [-0.25, -0.2) is 0 Å². The second-order valence-corrected chi connectivity index (χ2v) is 6.14. The highest BCUT2D eigenvalue weighted by Crippen LogP contribution is 2.36. The van der Waals surface area contributed by atoms with E-state index in [-0.39, 0.29) is 37.0 Å². The zero-order chi connectivity index (χ0) is 16.6. The zero-order valence-electron chi connectivity index (χ0n) is 12.3. The van der Waals surface area contributed by atoms with Gasteiger partial charge >= 0.3 is 12.2 Å². The third kappa shape index (κ3) is 3.57. The number of nitrogens with zero attached hydrogens (tertiary/aromatic N) is 3. The third-order valence-corrected chi connectivity index (χ3v) is 4.35. The summed E-state index contributed by atoms with van der Waals surface area (Å²) in [4.78, 5) is 12.3. The zero-order valence-corrected chi connectivity index (χ0v) is 12.3. The Kier molecular flexibility index (Phi) is 4.17. The van der Waals surface area contributed by atoms with Gasteiger partial charge < -0.3 is 20.4 Å². The van der Waals surface area contributed by atoms with Crippen molar-refractivity contribution in [1.82, 2.24) is 15.5 Å². The number of nitrogens with one attached hydrogen (secondary N) is 1. The Morgan fingerprint density at radius 3 is 2.65 bits per heavy atom. The molecule has 23 heavy (non-hydrogen) atoms. The molecule has 2 atom stereocenters. The van der Waals surface area contributed by atoms with Crippen LogP contribution in [0.25, 0.3) is 0 Å². The van der Waals surface area contributed by atoms with Gasteiger partial charge in [0.05, 0.1) is 12.0 Å². The summed E-state index contributed by atoms with van der Waals surface area (Å²) in [5, 5.41) is 11.0. The number of piperidine rings is 1. The standard InChI is InChI=1S/C13H18F3N5O2/c14-13(15,16)8-5-21(6-8)12-20-19-11(23-12)9-2-1-7(4-18-9)3-10(17)22/h7-9,18H,1-6H2,(H2,17,22)/t7-,9+/m0/s1. The van der Waals surface area contributed by atoms with Gasteiger partial charge in [-0.15, -0.1) is 5.10 Å². The monoisotopic (exact) mass is 333 g/mol. The van der Waals surface area contributed by atoms with Crippen molar-refractivity contribution in [3.8, 4) is 0 Å². The Bertz CT molecular complexity index is 562. The number of carbonyl (C=O) groups excluding carboxylic acids is 1. The number of amides is 1. The number of nitrogens with two attached hydrogens (primary N) is 1. The molecule has 0 unspecified atom stereocenters. The van der Waals surface area contributed by atoms with Gasteiger partial charge in [0.1, 0.15) is 0 Å². The minimum Gasteiger partial charge on any atom is -0.406 e. The van der Waals surface area contributed by atoms with E-state index in [1.165, 1.54) is 4.90 Å². The molecule has 0 bridgehead atoms. The number of hydrogen-bond donors (Lipinski definition) is 2. The number of carbonyl (C=O) groups is 1. The molecular formula is C13H18F3N5O2. The van der Waals surface area contributed by atoms with E-state index in [1.807, 2.05) is 0 Å². The Morgan fingerprint density at radius 2 is 2.09 bits per heavy atom. The maximum Gasteiger partial charge on any atom is 0.395 e. The summed E-state index contributed by atoms with van der Waals surface area (Å²) in [6.45, 7) is 0.318. The van der Waals surface area contributed by atoms with Gasteiger partial charge in [-0.2, -0.15) is 13.2 Å². The van der Waals surface area contributed by atoms with Gasteiger partial charge in [-0.05, 0) is 25.3 Å². The van der Waals surface area contributed by atoms with E-state index in [4.69, 9.17) is 10.2 Å². The quantitative estimate of drug-likeness (QED) is 0.853. The highest BCUT2D eigenvalue weighted by molar-refractivity contribution is 5.74. The number of anilines is 1. The van der Waals surface area contributed by atoms with Crippen molar-refractivity contribution in [2.45, 2.75) is 31.5 Å². The lowest BCUT2D eigenvalue weighted by Crippen LogP contribution is -2.53. The van der Waals surface area contributed by atoms with E-state index < -0.39 is 12.1 Å². The predicted octanol–water partition coefficient (Wildman–Crippen LogP) is 0.984. The van der Waals surface area contributed by atoms with E-state index in [0.717, 1.165) is 6.42 Å². The summed E-state index contributed by atoms with van der Waals surface area (Å²) in [7, 11) is 0. The Labute approximate surface area is 130 Å². The fourth-order valence-corrected chi connectivity index (χ4v) is 2.92. The largest absolute Gasteiger partial charge is 0.406 e. The normalized spacial score (nSPS) is 26.1. The summed E-state index contributed by atoms with van der Waals surface area (Å²) >= 11 is 0. The molecule has 0 saturated carbocycles. The molecular weight excluding hydrogens is 315 g/mol. The van der Waals surface area contributed by atoms with Crippen LogP contribution in [-0.4, -0.2) is 41.9 Å². The molecule has 0 aliphatic carbocycles. The highest BCUT2D eigenvalue weighted by Gasteiger charge is 2.48. The Hall–Kier alpha value is -1.84. The van der Waals surface area contributed by atoms with Gasteiger partial charge in [-0.3, -0.25) is 4.79 Å². The molecule has 2 fully saturated rings. The topological polar surface area (TPSA) is 97.3 Å². The van der Waals surface area contributed by atoms with E-state index >= 15 is 0 Å². The smallest absolute Gasteiger partial charge is 0.395 e. The summed E-state index contributed by atoms with van der Waals surface area (Å²) in [6.07, 6.45) is -2.33. The Balaban J connectivity index is 1.52. The van der Waals surface area contributed by atoms with Gasteiger partial charge in [-0.1, -0.05) is 5.10 Å². The Morgan fingerprint density at radius 1 is 1.35 bits per heavy atom.